The average molecular weight is 294 g/mol. The Kier molecular flexibility index (Phi) is 5.26. The SMILES string of the molecule is C=CCN(C(=O)N1CCCC(C(C)CC(=O)O)C1)C1CC1. The summed E-state index contributed by atoms with van der Waals surface area (Å²) in [6.07, 6.45) is 6.13. The summed E-state index contributed by atoms with van der Waals surface area (Å²) in [6, 6.07) is 0.483. The lowest BCUT2D eigenvalue weighted by Crippen LogP contribution is -2.49. The zero-order chi connectivity index (χ0) is 15.4. The molecule has 1 N–H and O–H groups in total. The Labute approximate surface area is 126 Å². The maximum Gasteiger partial charge on any atom is 0.320 e. The minimum Gasteiger partial charge on any atom is -0.481 e. The molecule has 5 nitrogen and oxygen atoms in total. The summed E-state index contributed by atoms with van der Waals surface area (Å²) in [4.78, 5) is 27.3. The summed E-state index contributed by atoms with van der Waals surface area (Å²) in [6.45, 7) is 7.80. The van der Waals surface area contributed by atoms with Crippen LogP contribution in [0, 0.1) is 11.8 Å². The third-order valence-corrected chi connectivity index (χ3v) is 4.59. The van der Waals surface area contributed by atoms with Gasteiger partial charge >= 0.3 is 12.0 Å². The van der Waals surface area contributed by atoms with E-state index in [-0.39, 0.29) is 18.4 Å². The van der Waals surface area contributed by atoms with Crippen LogP contribution in [0.4, 0.5) is 4.79 Å². The van der Waals surface area contributed by atoms with E-state index < -0.39 is 5.97 Å². The van der Waals surface area contributed by atoms with Gasteiger partial charge in [-0.3, -0.25) is 4.79 Å². The molecule has 21 heavy (non-hydrogen) atoms. The number of carbonyl (C=O) groups excluding carboxylic acids is 1. The lowest BCUT2D eigenvalue weighted by Gasteiger charge is -2.38. The molecule has 1 heterocycles. The van der Waals surface area contributed by atoms with Gasteiger partial charge in [0.25, 0.3) is 0 Å². The van der Waals surface area contributed by atoms with Gasteiger partial charge < -0.3 is 14.9 Å². The number of hydrogen-bond acceptors (Lipinski definition) is 2. The fourth-order valence-corrected chi connectivity index (χ4v) is 3.18. The van der Waals surface area contributed by atoms with Crippen LogP contribution < -0.4 is 0 Å². The Morgan fingerprint density at radius 3 is 2.71 bits per heavy atom. The second-order valence-electron chi connectivity index (χ2n) is 6.38. The van der Waals surface area contributed by atoms with Crippen molar-refractivity contribution in [1.29, 1.82) is 0 Å². The zero-order valence-electron chi connectivity index (χ0n) is 12.8. The number of carboxylic acid groups (broad SMARTS) is 1. The molecule has 2 atom stereocenters. The molecular formula is C16H26N2O3. The van der Waals surface area contributed by atoms with Crippen molar-refractivity contribution in [2.75, 3.05) is 19.6 Å². The van der Waals surface area contributed by atoms with E-state index >= 15 is 0 Å². The largest absolute Gasteiger partial charge is 0.481 e. The summed E-state index contributed by atoms with van der Waals surface area (Å²) in [5.41, 5.74) is 0. The molecule has 1 saturated heterocycles. The van der Waals surface area contributed by atoms with Gasteiger partial charge in [0.05, 0.1) is 0 Å². The average Bonchev–Trinajstić information content (AvgIpc) is 3.28. The van der Waals surface area contributed by atoms with Crippen LogP contribution in [-0.2, 0) is 4.79 Å². The summed E-state index contributed by atoms with van der Waals surface area (Å²) in [7, 11) is 0. The quantitative estimate of drug-likeness (QED) is 0.766. The molecule has 1 aliphatic heterocycles. The second-order valence-corrected chi connectivity index (χ2v) is 6.38. The van der Waals surface area contributed by atoms with Crippen molar-refractivity contribution < 1.29 is 14.7 Å². The summed E-state index contributed by atoms with van der Waals surface area (Å²) < 4.78 is 0. The first kappa shape index (κ1) is 15.9. The number of nitrogens with zero attached hydrogens (tertiary/aromatic N) is 2. The predicted molar refractivity (Wildman–Crippen MR) is 81.0 cm³/mol. The number of carboxylic acids is 1. The third kappa shape index (κ3) is 4.22. The van der Waals surface area contributed by atoms with E-state index in [2.05, 4.69) is 6.58 Å². The minimum absolute atomic E-state index is 0.102. The van der Waals surface area contributed by atoms with Crippen molar-refractivity contribution in [2.45, 2.75) is 45.1 Å². The predicted octanol–water partition coefficient (Wildman–Crippen LogP) is 2.58. The van der Waals surface area contributed by atoms with Crippen molar-refractivity contribution in [2.24, 2.45) is 11.8 Å². The number of piperidine rings is 1. The van der Waals surface area contributed by atoms with Gasteiger partial charge in [-0.2, -0.15) is 0 Å². The standard InChI is InChI=1S/C16H26N2O3/c1-3-8-18(14-6-7-14)16(21)17-9-4-5-13(11-17)12(2)10-15(19)20/h3,12-14H,1,4-11H2,2H3,(H,19,20). The molecular weight excluding hydrogens is 268 g/mol. The van der Waals surface area contributed by atoms with Gasteiger partial charge in [-0.25, -0.2) is 4.79 Å². The first-order chi connectivity index (χ1) is 10.0. The van der Waals surface area contributed by atoms with Gasteiger partial charge in [-0.05, 0) is 37.5 Å². The van der Waals surface area contributed by atoms with Crippen LogP contribution in [0.5, 0.6) is 0 Å². The number of urea groups is 1. The van der Waals surface area contributed by atoms with E-state index in [9.17, 15) is 9.59 Å². The monoisotopic (exact) mass is 294 g/mol. The molecule has 0 aromatic heterocycles. The van der Waals surface area contributed by atoms with E-state index in [0.717, 1.165) is 32.2 Å². The van der Waals surface area contributed by atoms with E-state index in [1.54, 1.807) is 6.08 Å². The van der Waals surface area contributed by atoms with Gasteiger partial charge in [0.15, 0.2) is 0 Å². The van der Waals surface area contributed by atoms with Crippen LogP contribution in [0.25, 0.3) is 0 Å². The minimum atomic E-state index is -0.753. The van der Waals surface area contributed by atoms with Crippen molar-refractivity contribution in [3.05, 3.63) is 12.7 Å². The molecule has 2 fully saturated rings. The Balaban J connectivity index is 1.94. The number of aliphatic carboxylic acids is 1. The molecule has 2 rings (SSSR count). The van der Waals surface area contributed by atoms with E-state index in [0.29, 0.717) is 25.0 Å². The van der Waals surface area contributed by atoms with Crippen molar-refractivity contribution in [3.63, 3.8) is 0 Å². The Bertz CT molecular complexity index is 406. The van der Waals surface area contributed by atoms with Gasteiger partial charge in [-0.1, -0.05) is 13.0 Å². The molecule has 0 aromatic carbocycles. The lowest BCUT2D eigenvalue weighted by molar-refractivity contribution is -0.138. The molecule has 1 aliphatic carbocycles. The number of hydrogen-bond donors (Lipinski definition) is 1. The summed E-state index contributed by atoms with van der Waals surface area (Å²) in [5.74, 6) is -0.340. The van der Waals surface area contributed by atoms with Crippen LogP contribution in [-0.4, -0.2) is 52.6 Å². The molecule has 118 valence electrons. The van der Waals surface area contributed by atoms with Crippen molar-refractivity contribution >= 4 is 12.0 Å². The molecule has 2 unspecified atom stereocenters. The smallest absolute Gasteiger partial charge is 0.320 e. The topological polar surface area (TPSA) is 60.9 Å². The van der Waals surface area contributed by atoms with E-state index in [4.69, 9.17) is 5.11 Å². The molecule has 5 heteroatoms. The molecule has 0 radical (unpaired) electrons. The van der Waals surface area contributed by atoms with Crippen LogP contribution in [0.2, 0.25) is 0 Å². The van der Waals surface area contributed by atoms with Crippen molar-refractivity contribution in [3.8, 4) is 0 Å². The maximum absolute atomic E-state index is 12.6. The first-order valence-electron chi connectivity index (χ1n) is 7.91. The number of amides is 2. The highest BCUT2D eigenvalue weighted by Gasteiger charge is 2.36. The Morgan fingerprint density at radius 2 is 2.14 bits per heavy atom. The molecule has 2 amide bonds. The number of rotatable bonds is 6. The van der Waals surface area contributed by atoms with Crippen LogP contribution in [0.3, 0.4) is 0 Å². The highest BCUT2D eigenvalue weighted by atomic mass is 16.4. The summed E-state index contributed by atoms with van der Waals surface area (Å²) >= 11 is 0. The van der Waals surface area contributed by atoms with Crippen LogP contribution in [0.15, 0.2) is 12.7 Å². The van der Waals surface area contributed by atoms with Gasteiger partial charge in [0, 0.05) is 32.1 Å². The number of likely N-dealkylation sites (tertiary alicyclic amines) is 1. The Morgan fingerprint density at radius 1 is 1.43 bits per heavy atom. The van der Waals surface area contributed by atoms with Gasteiger partial charge in [0.2, 0.25) is 0 Å². The zero-order valence-corrected chi connectivity index (χ0v) is 12.8. The molecule has 1 saturated carbocycles. The third-order valence-electron chi connectivity index (χ3n) is 4.59. The molecule has 0 aromatic rings. The van der Waals surface area contributed by atoms with Crippen LogP contribution in [0.1, 0.15) is 39.0 Å². The fourth-order valence-electron chi connectivity index (χ4n) is 3.18. The normalized spacial score (nSPS) is 23.5. The highest BCUT2D eigenvalue weighted by Crippen LogP contribution is 2.30. The second kappa shape index (κ2) is 6.96. The van der Waals surface area contributed by atoms with E-state index in [1.165, 1.54) is 0 Å². The van der Waals surface area contributed by atoms with Gasteiger partial charge in [0.1, 0.15) is 0 Å². The van der Waals surface area contributed by atoms with Crippen LogP contribution >= 0.6 is 0 Å². The van der Waals surface area contributed by atoms with Crippen molar-refractivity contribution in [1.82, 2.24) is 9.80 Å². The number of carbonyl (C=O) groups is 2. The molecule has 0 spiro atoms. The Hall–Kier alpha value is -1.52. The van der Waals surface area contributed by atoms with E-state index in [1.807, 2.05) is 16.7 Å². The highest BCUT2D eigenvalue weighted by molar-refractivity contribution is 5.75. The van der Waals surface area contributed by atoms with Gasteiger partial charge in [-0.15, -0.1) is 6.58 Å². The maximum atomic E-state index is 12.6. The molecule has 0 bridgehead atoms. The lowest BCUT2D eigenvalue weighted by atomic mass is 9.85. The fraction of sp³-hybridized carbons (Fsp3) is 0.750. The first-order valence-corrected chi connectivity index (χ1v) is 7.91. The molecule has 2 aliphatic rings. The summed E-state index contributed by atoms with van der Waals surface area (Å²) in [5, 5.41) is 8.93.